The Balaban J connectivity index is 1.67. The van der Waals surface area contributed by atoms with Gasteiger partial charge in [0.25, 0.3) is 5.91 Å². The maximum absolute atomic E-state index is 14.4. The molecule has 1 heterocycles. The van der Waals surface area contributed by atoms with Gasteiger partial charge in [0.1, 0.15) is 35.6 Å². The number of phenolic OH excluding ortho intramolecular Hbond substituents is 1. The first-order chi connectivity index (χ1) is 22.0. The number of benzene rings is 3. The van der Waals surface area contributed by atoms with Crippen LogP contribution < -0.4 is 19.1 Å². The first-order valence-electron chi connectivity index (χ1n) is 14.9. The van der Waals surface area contributed by atoms with Crippen LogP contribution in [0, 0.1) is 5.41 Å². The topological polar surface area (TPSA) is 159 Å². The van der Waals surface area contributed by atoms with Crippen molar-refractivity contribution >= 4 is 54.7 Å². The van der Waals surface area contributed by atoms with Crippen molar-refractivity contribution in [3.8, 4) is 11.5 Å². The summed E-state index contributed by atoms with van der Waals surface area (Å²) in [5.74, 6) is -2.81. The highest BCUT2D eigenvalue weighted by Crippen LogP contribution is 2.52. The van der Waals surface area contributed by atoms with Gasteiger partial charge in [-0.15, -0.1) is 0 Å². The fourth-order valence-corrected chi connectivity index (χ4v) is 8.23. The highest BCUT2D eigenvalue weighted by Gasteiger charge is 2.46. The van der Waals surface area contributed by atoms with Gasteiger partial charge in [-0.3, -0.25) is 18.6 Å². The van der Waals surface area contributed by atoms with Crippen molar-refractivity contribution in [2.45, 2.75) is 58.4 Å². The normalized spacial score (nSPS) is 17.8. The van der Waals surface area contributed by atoms with Gasteiger partial charge < -0.3 is 15.2 Å². The predicted octanol–water partition coefficient (Wildman–Crippen LogP) is 5.43. The number of amides is 1. The fourth-order valence-electron chi connectivity index (χ4n) is 5.70. The molecule has 0 fully saturated rings. The summed E-state index contributed by atoms with van der Waals surface area (Å²) in [7, 11) is -8.93. The minimum absolute atomic E-state index is 0.00530. The molecule has 5 rings (SSSR count). The number of para-hydroxylation sites is 1. The van der Waals surface area contributed by atoms with E-state index in [0.717, 1.165) is 9.87 Å². The zero-order chi connectivity index (χ0) is 34.3. The predicted molar refractivity (Wildman–Crippen MR) is 180 cm³/mol. The van der Waals surface area contributed by atoms with E-state index in [1.165, 1.54) is 38.1 Å². The van der Waals surface area contributed by atoms with Crippen molar-refractivity contribution in [3.05, 3.63) is 94.1 Å². The zero-order valence-corrected chi connectivity index (χ0v) is 28.7. The van der Waals surface area contributed by atoms with Crippen LogP contribution in [0.4, 0.5) is 11.4 Å². The molecule has 0 saturated carbocycles. The number of ether oxygens (including phenoxy) is 1. The number of carbonyl (C=O) groups excluding carboxylic acids is 2. The van der Waals surface area contributed by atoms with Crippen LogP contribution in [-0.2, 0) is 36.2 Å². The summed E-state index contributed by atoms with van der Waals surface area (Å²) < 4.78 is 62.2. The Bertz CT molecular complexity index is 1980. The Kier molecular flexibility index (Phi) is 9.37. The first kappa shape index (κ1) is 34.3. The number of ketones is 1. The zero-order valence-electron chi connectivity index (χ0n) is 26.3. The average Bonchev–Trinajstić information content (AvgIpc) is 3.11. The van der Waals surface area contributed by atoms with Crippen molar-refractivity contribution < 1.29 is 36.3 Å². The van der Waals surface area contributed by atoms with Gasteiger partial charge in [0, 0.05) is 22.7 Å². The molecule has 0 aromatic heterocycles. The quantitative estimate of drug-likeness (QED) is 0.248. The van der Waals surface area contributed by atoms with Crippen LogP contribution in [0.25, 0.3) is 0 Å². The molecule has 11 nitrogen and oxygen atoms in total. The number of phenols is 1. The number of hydrogen-bond acceptors (Lipinski definition) is 9. The highest BCUT2D eigenvalue weighted by atomic mass is 35.5. The van der Waals surface area contributed by atoms with Crippen LogP contribution in [0.15, 0.2) is 78.0 Å². The summed E-state index contributed by atoms with van der Waals surface area (Å²) in [5.41, 5.74) is 1.06. The number of fused-ring (bicyclic) bond motifs is 1. The van der Waals surface area contributed by atoms with Gasteiger partial charge in [-0.2, -0.15) is 0 Å². The maximum atomic E-state index is 14.4. The fraction of sp³-hybridized carbons (Fsp3) is 0.333. The maximum Gasteiger partial charge on any atom is 0.250 e. The standard InChI is InChI=1S/C33H36ClN3O8S2/c1-20(2)47(43,44)36-29(40)19-46(41,42)37-26-11-8-12-27(38)31(26)35-25-16-33(3,4)17-28(39)30(25)32(37)23-14-13-22(15-24(23)34)45-18-21-9-6-5-7-10-21/h5-15,20,32,35,38H,16-19H2,1-4H3,(H,36,40). The largest absolute Gasteiger partial charge is 0.506 e. The highest BCUT2D eigenvalue weighted by molar-refractivity contribution is 7.94. The lowest BCUT2D eigenvalue weighted by molar-refractivity contribution is -0.118. The van der Waals surface area contributed by atoms with E-state index < -0.39 is 48.4 Å². The van der Waals surface area contributed by atoms with Crippen LogP contribution in [0.5, 0.6) is 11.5 Å². The lowest BCUT2D eigenvalue weighted by Gasteiger charge is -2.37. The summed E-state index contributed by atoms with van der Waals surface area (Å²) >= 11 is 6.87. The van der Waals surface area contributed by atoms with Gasteiger partial charge >= 0.3 is 0 Å². The van der Waals surface area contributed by atoms with E-state index in [2.05, 4.69) is 5.32 Å². The number of hydrogen-bond donors (Lipinski definition) is 3. The van der Waals surface area contributed by atoms with Gasteiger partial charge in [-0.05, 0) is 61.1 Å². The van der Waals surface area contributed by atoms with Gasteiger partial charge in [0.15, 0.2) is 5.78 Å². The molecule has 47 heavy (non-hydrogen) atoms. The van der Waals surface area contributed by atoms with Gasteiger partial charge in [0.2, 0.25) is 20.0 Å². The second-order valence-electron chi connectivity index (χ2n) is 12.7. The minimum atomic E-state index is -4.78. The monoisotopic (exact) mass is 701 g/mol. The molecule has 250 valence electrons. The third-order valence-corrected chi connectivity index (χ3v) is 11.7. The number of rotatable bonds is 9. The van der Waals surface area contributed by atoms with E-state index in [1.54, 1.807) is 12.1 Å². The third kappa shape index (κ3) is 7.26. The van der Waals surface area contributed by atoms with E-state index in [-0.39, 0.29) is 52.1 Å². The van der Waals surface area contributed by atoms with Crippen LogP contribution >= 0.6 is 11.6 Å². The Morgan fingerprint density at radius 2 is 1.77 bits per heavy atom. The molecule has 1 unspecified atom stereocenters. The van der Waals surface area contributed by atoms with E-state index >= 15 is 0 Å². The Morgan fingerprint density at radius 1 is 1.06 bits per heavy atom. The average molecular weight is 702 g/mol. The van der Waals surface area contributed by atoms with E-state index in [1.807, 2.05) is 48.9 Å². The van der Waals surface area contributed by atoms with Gasteiger partial charge in [-0.1, -0.05) is 67.9 Å². The molecule has 2 aliphatic rings. The third-order valence-electron chi connectivity index (χ3n) is 7.97. The van der Waals surface area contributed by atoms with Crippen LogP contribution in [0.2, 0.25) is 5.02 Å². The molecule has 0 spiro atoms. The summed E-state index contributed by atoms with van der Waals surface area (Å²) in [6, 6.07) is 17.0. The molecule has 1 atom stereocenters. The summed E-state index contributed by atoms with van der Waals surface area (Å²) in [5, 5.41) is 13.2. The smallest absolute Gasteiger partial charge is 0.250 e. The summed E-state index contributed by atoms with van der Waals surface area (Å²) in [6.07, 6.45) is 0.415. The van der Waals surface area contributed by atoms with Crippen molar-refractivity contribution in [1.82, 2.24) is 4.72 Å². The number of carbonyl (C=O) groups is 2. The van der Waals surface area contributed by atoms with Crippen molar-refractivity contribution in [3.63, 3.8) is 0 Å². The van der Waals surface area contributed by atoms with Crippen LogP contribution in [-0.4, -0.2) is 44.6 Å². The number of sulfonamides is 2. The number of nitrogens with one attached hydrogen (secondary N) is 2. The molecule has 3 N–H and O–H groups in total. The van der Waals surface area contributed by atoms with Crippen LogP contribution in [0.3, 0.4) is 0 Å². The molecule has 1 amide bonds. The second kappa shape index (κ2) is 12.9. The molecule has 3 aromatic carbocycles. The van der Waals surface area contributed by atoms with Gasteiger partial charge in [-0.25, -0.2) is 16.8 Å². The number of Topliss-reactive ketones (excluding diaryl/α,β-unsaturated/α-hetero) is 1. The van der Waals surface area contributed by atoms with Crippen LogP contribution in [0.1, 0.15) is 57.7 Å². The SMILES string of the molecule is CC(C)S(=O)(=O)NC(=O)CS(=O)(=O)N1c2cccc(O)c2NC2=C(C(=O)CC(C)(C)C2)C1c1ccc(OCc2ccccc2)cc1Cl. The Labute approximate surface area is 279 Å². The molecule has 14 heteroatoms. The molecular weight excluding hydrogens is 666 g/mol. The van der Waals surface area contributed by atoms with Crippen molar-refractivity contribution in [1.29, 1.82) is 0 Å². The van der Waals surface area contributed by atoms with E-state index in [9.17, 15) is 31.5 Å². The molecule has 1 aliphatic heterocycles. The molecule has 0 radical (unpaired) electrons. The van der Waals surface area contributed by atoms with Crippen molar-refractivity contribution in [2.24, 2.45) is 5.41 Å². The van der Waals surface area contributed by atoms with Crippen molar-refractivity contribution in [2.75, 3.05) is 15.4 Å². The molecule has 0 saturated heterocycles. The van der Waals surface area contributed by atoms with E-state index in [0.29, 0.717) is 17.9 Å². The number of allylic oxidation sites excluding steroid dienone is 1. The first-order valence-corrected chi connectivity index (χ1v) is 18.4. The van der Waals surface area contributed by atoms with E-state index in [4.69, 9.17) is 16.3 Å². The minimum Gasteiger partial charge on any atom is -0.506 e. The number of nitrogens with zero attached hydrogens (tertiary/aromatic N) is 1. The number of anilines is 2. The second-order valence-corrected chi connectivity index (χ2v) is 17.2. The number of aromatic hydroxyl groups is 1. The number of halogens is 1. The lowest BCUT2D eigenvalue weighted by atomic mass is 9.73. The lowest BCUT2D eigenvalue weighted by Crippen LogP contribution is -2.45. The Morgan fingerprint density at radius 3 is 2.43 bits per heavy atom. The molecule has 1 aliphatic carbocycles. The van der Waals surface area contributed by atoms with Gasteiger partial charge in [0.05, 0.1) is 10.9 Å². The summed E-state index contributed by atoms with van der Waals surface area (Å²) in [6.45, 7) is 6.75. The molecule has 0 bridgehead atoms. The Hall–Kier alpha value is -4.07. The summed E-state index contributed by atoms with van der Waals surface area (Å²) in [4.78, 5) is 27.0. The molecule has 3 aromatic rings. The molecular formula is C33H36ClN3O8S2.